The topological polar surface area (TPSA) is 114 Å². The molecular formula is C36H34ClN3O6. The molecule has 2 aliphatic heterocycles. The first kappa shape index (κ1) is 31.4. The van der Waals surface area contributed by atoms with Gasteiger partial charge in [-0.1, -0.05) is 35.9 Å². The monoisotopic (exact) mass is 639 g/mol. The van der Waals surface area contributed by atoms with E-state index in [1.807, 2.05) is 37.3 Å². The van der Waals surface area contributed by atoms with Gasteiger partial charge in [-0.2, -0.15) is 5.26 Å². The van der Waals surface area contributed by atoms with Crippen molar-refractivity contribution < 1.29 is 28.8 Å². The number of benzene rings is 3. The normalized spacial score (nSPS) is 17.3. The number of aliphatic hydroxyl groups is 1. The van der Waals surface area contributed by atoms with Gasteiger partial charge in [-0.25, -0.2) is 0 Å². The van der Waals surface area contributed by atoms with Crippen LogP contribution in [0.1, 0.15) is 45.5 Å². The summed E-state index contributed by atoms with van der Waals surface area (Å²) in [4.78, 5) is 18.1. The molecule has 6 rings (SSSR count). The highest BCUT2D eigenvalue weighted by atomic mass is 35.5. The van der Waals surface area contributed by atoms with Gasteiger partial charge in [0.25, 0.3) is 0 Å². The van der Waals surface area contributed by atoms with Gasteiger partial charge in [-0.15, -0.1) is 0 Å². The number of aldehydes is 1. The van der Waals surface area contributed by atoms with Crippen LogP contribution in [0, 0.1) is 18.3 Å². The van der Waals surface area contributed by atoms with Gasteiger partial charge < -0.3 is 29.0 Å². The van der Waals surface area contributed by atoms with Gasteiger partial charge in [-0.3, -0.25) is 9.78 Å². The number of likely N-dealkylation sites (tertiary alicyclic amines) is 1. The molecule has 9 nitrogen and oxygen atoms in total. The van der Waals surface area contributed by atoms with Crippen LogP contribution in [0.4, 0.5) is 0 Å². The number of aromatic nitrogens is 1. The summed E-state index contributed by atoms with van der Waals surface area (Å²) in [6.45, 7) is 5.41. The number of carbonyl (C=O) groups excluding carboxylic acids is 1. The fourth-order valence-corrected chi connectivity index (χ4v) is 5.97. The minimum atomic E-state index is -0.231. The average molecular weight is 640 g/mol. The lowest BCUT2D eigenvalue weighted by Crippen LogP contribution is -2.34. The molecule has 1 saturated heterocycles. The van der Waals surface area contributed by atoms with Crippen molar-refractivity contribution in [3.63, 3.8) is 0 Å². The molecule has 46 heavy (non-hydrogen) atoms. The minimum Gasteiger partial charge on any atom is -0.488 e. The third-order valence-electron chi connectivity index (χ3n) is 8.33. The molecule has 0 bridgehead atoms. The molecule has 2 aliphatic rings. The number of aliphatic hydroxyl groups excluding tert-OH is 1. The maximum atomic E-state index is 11.7. The minimum absolute atomic E-state index is 0.0510. The molecule has 0 aliphatic carbocycles. The summed E-state index contributed by atoms with van der Waals surface area (Å²) in [6.07, 6.45) is 5.13. The zero-order valence-electron chi connectivity index (χ0n) is 25.4. The highest BCUT2D eigenvalue weighted by Crippen LogP contribution is 2.38. The Balaban J connectivity index is 1.14. The van der Waals surface area contributed by atoms with Gasteiger partial charge in [0.15, 0.2) is 17.8 Å². The molecule has 1 fully saturated rings. The van der Waals surface area contributed by atoms with Crippen molar-refractivity contribution in [3.05, 3.63) is 99.8 Å². The number of pyridine rings is 1. The second-order valence-electron chi connectivity index (χ2n) is 11.5. The van der Waals surface area contributed by atoms with E-state index in [-0.39, 0.29) is 31.0 Å². The molecular weight excluding hydrogens is 606 g/mol. The predicted octanol–water partition coefficient (Wildman–Crippen LogP) is 6.15. The van der Waals surface area contributed by atoms with Gasteiger partial charge in [0.2, 0.25) is 0 Å². The number of ether oxygens (including phenoxy) is 4. The Kier molecular flexibility index (Phi) is 9.69. The summed E-state index contributed by atoms with van der Waals surface area (Å²) in [7, 11) is 0. The van der Waals surface area contributed by atoms with Crippen LogP contribution in [0.2, 0.25) is 5.02 Å². The highest BCUT2D eigenvalue weighted by Gasteiger charge is 2.25. The number of rotatable bonds is 11. The van der Waals surface area contributed by atoms with Crippen molar-refractivity contribution in [1.29, 1.82) is 5.26 Å². The van der Waals surface area contributed by atoms with Crippen LogP contribution in [-0.4, -0.2) is 59.7 Å². The third-order valence-corrected chi connectivity index (χ3v) is 8.62. The van der Waals surface area contributed by atoms with E-state index in [4.69, 9.17) is 35.8 Å². The summed E-state index contributed by atoms with van der Waals surface area (Å²) in [5.41, 5.74) is 5.46. The zero-order valence-corrected chi connectivity index (χ0v) is 26.2. The molecule has 3 heterocycles. The summed E-state index contributed by atoms with van der Waals surface area (Å²) in [5.74, 6) is 2.15. The first-order valence-corrected chi connectivity index (χ1v) is 15.6. The molecule has 1 N–H and O–H groups in total. The number of fused-ring (bicyclic) bond motifs is 1. The summed E-state index contributed by atoms with van der Waals surface area (Å²) in [6, 6.07) is 18.9. The first-order chi connectivity index (χ1) is 22.4. The van der Waals surface area contributed by atoms with Crippen molar-refractivity contribution in [2.24, 2.45) is 0 Å². The molecule has 1 unspecified atom stereocenters. The van der Waals surface area contributed by atoms with Crippen molar-refractivity contribution >= 4 is 17.9 Å². The van der Waals surface area contributed by atoms with E-state index in [2.05, 4.69) is 22.0 Å². The lowest BCUT2D eigenvalue weighted by atomic mass is 9.96. The Bertz CT molecular complexity index is 1770. The quantitative estimate of drug-likeness (QED) is 0.193. The fourth-order valence-electron chi connectivity index (χ4n) is 5.74. The molecule has 236 valence electrons. The van der Waals surface area contributed by atoms with E-state index in [1.54, 1.807) is 18.3 Å². The zero-order chi connectivity index (χ0) is 32.0. The number of carbonyl (C=O) groups is 1. The van der Waals surface area contributed by atoms with Crippen LogP contribution in [-0.2, 0) is 13.2 Å². The van der Waals surface area contributed by atoms with E-state index >= 15 is 0 Å². The lowest BCUT2D eigenvalue weighted by molar-refractivity contribution is 0.0757. The van der Waals surface area contributed by atoms with Gasteiger partial charge in [0.1, 0.15) is 43.5 Å². The lowest BCUT2D eigenvalue weighted by Gasteiger charge is -2.28. The summed E-state index contributed by atoms with van der Waals surface area (Å²) >= 11 is 6.49. The SMILES string of the molecule is Cc1c(COc2cc(OCc3cncc(C#N)c3)c(C=O)cc2Cl)cccc1-c1ccc2c(c1)OC(CCN1CC[C@H](O)C1)CO2. The number of β-amino-alcohol motifs (C(OH)–C–C–N with tert-alkyl or cyclic N) is 1. The Labute approximate surface area is 272 Å². The second-order valence-corrected chi connectivity index (χ2v) is 12.0. The van der Waals surface area contributed by atoms with Crippen LogP contribution >= 0.6 is 11.6 Å². The van der Waals surface area contributed by atoms with Crippen LogP contribution in [0.5, 0.6) is 23.0 Å². The standard InChI is InChI=1S/C36H34ClN3O6/c1-23-27(21-44-35-14-34(28(19-41)12-32(35)37)43-20-25-11-24(15-38)16-39-17-25)3-2-4-31(23)26-5-6-33-36(13-26)46-30(22-45-33)8-10-40-9-7-29(42)18-40/h2-6,11-14,16-17,19,29-30,42H,7-10,18,20-22H2,1H3/t29-,30?/m0/s1. The van der Waals surface area contributed by atoms with Gasteiger partial charge in [0, 0.05) is 50.1 Å². The Morgan fingerprint density at radius 3 is 2.78 bits per heavy atom. The summed E-state index contributed by atoms with van der Waals surface area (Å²) < 4.78 is 24.4. The van der Waals surface area contributed by atoms with Crippen molar-refractivity contribution in [3.8, 4) is 40.2 Å². The first-order valence-electron chi connectivity index (χ1n) is 15.2. The molecule has 2 atom stereocenters. The van der Waals surface area contributed by atoms with Gasteiger partial charge >= 0.3 is 0 Å². The maximum Gasteiger partial charge on any atom is 0.162 e. The number of halogens is 1. The molecule has 10 heteroatoms. The third kappa shape index (κ3) is 7.26. The molecule has 3 aromatic carbocycles. The number of hydrogen-bond donors (Lipinski definition) is 1. The average Bonchev–Trinajstić information content (AvgIpc) is 3.51. The van der Waals surface area contributed by atoms with Crippen LogP contribution < -0.4 is 18.9 Å². The van der Waals surface area contributed by atoms with Crippen LogP contribution in [0.25, 0.3) is 11.1 Å². The van der Waals surface area contributed by atoms with Gasteiger partial charge in [0.05, 0.1) is 22.3 Å². The molecule has 0 saturated carbocycles. The smallest absolute Gasteiger partial charge is 0.162 e. The number of hydrogen-bond acceptors (Lipinski definition) is 9. The largest absolute Gasteiger partial charge is 0.488 e. The van der Waals surface area contributed by atoms with E-state index in [0.717, 1.165) is 66.2 Å². The molecule has 0 amide bonds. The maximum absolute atomic E-state index is 11.7. The second kappa shape index (κ2) is 14.2. The number of nitriles is 1. The Morgan fingerprint density at radius 1 is 1.11 bits per heavy atom. The molecule has 0 spiro atoms. The van der Waals surface area contributed by atoms with E-state index in [1.165, 1.54) is 12.3 Å². The van der Waals surface area contributed by atoms with E-state index < -0.39 is 0 Å². The Morgan fingerprint density at radius 2 is 1.98 bits per heavy atom. The predicted molar refractivity (Wildman–Crippen MR) is 173 cm³/mol. The van der Waals surface area contributed by atoms with Crippen LogP contribution in [0.3, 0.4) is 0 Å². The van der Waals surface area contributed by atoms with Crippen LogP contribution in [0.15, 0.2) is 67.0 Å². The van der Waals surface area contributed by atoms with Gasteiger partial charge in [-0.05, 0) is 59.9 Å². The molecule has 1 aromatic heterocycles. The van der Waals surface area contributed by atoms with Crippen molar-refractivity contribution in [1.82, 2.24) is 9.88 Å². The highest BCUT2D eigenvalue weighted by molar-refractivity contribution is 6.32. The Hall–Kier alpha value is -4.62. The van der Waals surface area contributed by atoms with Crippen molar-refractivity contribution in [2.45, 2.75) is 45.2 Å². The molecule has 0 radical (unpaired) electrons. The van der Waals surface area contributed by atoms with E-state index in [9.17, 15) is 9.90 Å². The summed E-state index contributed by atoms with van der Waals surface area (Å²) in [5, 5.41) is 19.2. The fraction of sp³-hybridized carbons (Fsp3) is 0.306. The number of nitrogens with zero attached hydrogens (tertiary/aromatic N) is 3. The molecule has 4 aromatic rings. The van der Waals surface area contributed by atoms with Crippen molar-refractivity contribution in [2.75, 3.05) is 26.2 Å². The van der Waals surface area contributed by atoms with E-state index in [0.29, 0.717) is 40.5 Å².